The van der Waals surface area contributed by atoms with Crippen molar-refractivity contribution in [2.24, 2.45) is 0 Å². The molecule has 0 saturated heterocycles. The molecule has 8 heteroatoms. The van der Waals surface area contributed by atoms with Crippen molar-refractivity contribution in [2.45, 2.75) is 18.1 Å². The van der Waals surface area contributed by atoms with E-state index in [0.29, 0.717) is 34.5 Å². The molecule has 4 rings (SSSR count). The second-order valence-electron chi connectivity index (χ2n) is 6.01. The van der Waals surface area contributed by atoms with Crippen molar-refractivity contribution >= 4 is 40.7 Å². The Bertz CT molecular complexity index is 1020. The summed E-state index contributed by atoms with van der Waals surface area (Å²) in [5.74, 6) is 0.537. The average Bonchev–Trinajstić information content (AvgIpc) is 3.15. The predicted octanol–water partition coefficient (Wildman–Crippen LogP) is 4.25. The van der Waals surface area contributed by atoms with Gasteiger partial charge in [-0.3, -0.25) is 9.59 Å². The van der Waals surface area contributed by atoms with Gasteiger partial charge in [-0.15, -0.1) is 10.2 Å². The van der Waals surface area contributed by atoms with Gasteiger partial charge in [0.25, 0.3) is 5.22 Å². The number of fused-ring (bicyclic) bond motifs is 1. The van der Waals surface area contributed by atoms with Gasteiger partial charge < -0.3 is 9.73 Å². The van der Waals surface area contributed by atoms with Crippen LogP contribution in [0.4, 0.5) is 5.69 Å². The molecule has 1 aliphatic heterocycles. The fourth-order valence-electron chi connectivity index (χ4n) is 2.74. The molecule has 0 radical (unpaired) electrons. The van der Waals surface area contributed by atoms with E-state index in [2.05, 4.69) is 15.5 Å². The van der Waals surface area contributed by atoms with Crippen LogP contribution < -0.4 is 5.32 Å². The fourth-order valence-corrected chi connectivity index (χ4v) is 3.53. The first-order valence-electron chi connectivity index (χ1n) is 8.27. The number of amides is 1. The average molecular weight is 400 g/mol. The third-order valence-corrected chi connectivity index (χ3v) is 5.22. The number of aromatic nitrogens is 2. The molecule has 1 aliphatic rings. The second-order valence-corrected chi connectivity index (χ2v) is 7.37. The highest BCUT2D eigenvalue weighted by atomic mass is 35.5. The second kappa shape index (κ2) is 7.54. The van der Waals surface area contributed by atoms with Gasteiger partial charge in [0.1, 0.15) is 0 Å². The zero-order chi connectivity index (χ0) is 18.8. The zero-order valence-corrected chi connectivity index (χ0v) is 15.6. The molecular weight excluding hydrogens is 386 g/mol. The van der Waals surface area contributed by atoms with Gasteiger partial charge in [0.15, 0.2) is 5.78 Å². The van der Waals surface area contributed by atoms with E-state index in [4.69, 9.17) is 16.0 Å². The first-order valence-corrected chi connectivity index (χ1v) is 9.63. The summed E-state index contributed by atoms with van der Waals surface area (Å²) in [6.07, 6.45) is 1.08. The minimum atomic E-state index is -0.0362. The van der Waals surface area contributed by atoms with Gasteiger partial charge in [-0.1, -0.05) is 23.4 Å². The van der Waals surface area contributed by atoms with Crippen LogP contribution in [0, 0.1) is 0 Å². The molecular formula is C19H14ClN3O3S. The Morgan fingerprint density at radius 2 is 1.96 bits per heavy atom. The van der Waals surface area contributed by atoms with Crippen LogP contribution in [0.25, 0.3) is 11.5 Å². The number of hydrogen-bond acceptors (Lipinski definition) is 6. The van der Waals surface area contributed by atoms with Crippen molar-refractivity contribution in [2.75, 3.05) is 11.1 Å². The van der Waals surface area contributed by atoms with E-state index in [1.54, 1.807) is 36.4 Å². The van der Waals surface area contributed by atoms with Crippen LogP contribution in [0.2, 0.25) is 5.02 Å². The lowest BCUT2D eigenvalue weighted by atomic mass is 9.99. The van der Waals surface area contributed by atoms with Crippen LogP contribution in [0.15, 0.2) is 52.1 Å². The van der Waals surface area contributed by atoms with Gasteiger partial charge in [0.2, 0.25) is 11.8 Å². The third kappa shape index (κ3) is 4.04. The maximum Gasteiger partial charge on any atom is 0.277 e. The lowest BCUT2D eigenvalue weighted by molar-refractivity contribution is -0.116. The molecule has 6 nitrogen and oxygen atoms in total. The SMILES string of the molecule is O=C1CCc2cc(C(=O)CSc3nnc(-c4ccc(Cl)cc4)o3)ccc2N1. The Morgan fingerprint density at radius 3 is 2.78 bits per heavy atom. The molecule has 1 aromatic heterocycles. The standard InChI is InChI=1S/C19H14ClN3O3S/c20-14-5-1-11(2-6-14)18-22-23-19(26-18)27-10-16(24)13-3-7-15-12(9-13)4-8-17(25)21-15/h1-3,5-7,9H,4,8,10H2,(H,21,25). The molecule has 0 unspecified atom stereocenters. The van der Waals surface area contributed by atoms with Crippen molar-refractivity contribution in [1.29, 1.82) is 0 Å². The molecule has 0 saturated carbocycles. The molecule has 0 aliphatic carbocycles. The van der Waals surface area contributed by atoms with Crippen molar-refractivity contribution in [3.8, 4) is 11.5 Å². The summed E-state index contributed by atoms with van der Waals surface area (Å²) in [5.41, 5.74) is 3.13. The number of carbonyl (C=O) groups is 2. The van der Waals surface area contributed by atoms with Crippen LogP contribution >= 0.6 is 23.4 Å². The van der Waals surface area contributed by atoms with Crippen molar-refractivity contribution in [3.63, 3.8) is 0 Å². The number of hydrogen-bond donors (Lipinski definition) is 1. The molecule has 0 fully saturated rings. The molecule has 2 heterocycles. The number of halogens is 1. The summed E-state index contributed by atoms with van der Waals surface area (Å²) in [4.78, 5) is 23.9. The normalized spacial score (nSPS) is 13.1. The summed E-state index contributed by atoms with van der Waals surface area (Å²) < 4.78 is 5.60. The number of anilines is 1. The summed E-state index contributed by atoms with van der Waals surface area (Å²) in [7, 11) is 0. The molecule has 3 aromatic rings. The van der Waals surface area contributed by atoms with E-state index < -0.39 is 0 Å². The van der Waals surface area contributed by atoms with Gasteiger partial charge in [-0.05, 0) is 54.4 Å². The van der Waals surface area contributed by atoms with E-state index in [0.717, 1.165) is 16.8 Å². The van der Waals surface area contributed by atoms with Crippen LogP contribution in [-0.4, -0.2) is 27.6 Å². The van der Waals surface area contributed by atoms with Crippen LogP contribution in [-0.2, 0) is 11.2 Å². The monoisotopic (exact) mass is 399 g/mol. The highest BCUT2D eigenvalue weighted by Gasteiger charge is 2.17. The van der Waals surface area contributed by atoms with E-state index >= 15 is 0 Å². The molecule has 0 bridgehead atoms. The Morgan fingerprint density at radius 1 is 1.15 bits per heavy atom. The molecule has 1 amide bonds. The molecule has 1 N–H and O–H groups in total. The molecule has 0 spiro atoms. The Kier molecular flexibility index (Phi) is 4.96. The minimum Gasteiger partial charge on any atom is -0.411 e. The van der Waals surface area contributed by atoms with Crippen molar-refractivity contribution in [1.82, 2.24) is 10.2 Å². The number of thioether (sulfide) groups is 1. The van der Waals surface area contributed by atoms with E-state index in [9.17, 15) is 9.59 Å². The Balaban J connectivity index is 1.41. The Labute approximate surface area is 164 Å². The number of rotatable bonds is 5. The lowest BCUT2D eigenvalue weighted by Crippen LogP contribution is -2.19. The van der Waals surface area contributed by atoms with Crippen molar-refractivity contribution in [3.05, 3.63) is 58.6 Å². The number of aryl methyl sites for hydroxylation is 1. The number of carbonyl (C=O) groups excluding carboxylic acids is 2. The largest absolute Gasteiger partial charge is 0.411 e. The number of benzene rings is 2. The molecule has 0 atom stereocenters. The van der Waals surface area contributed by atoms with E-state index in [1.807, 2.05) is 6.07 Å². The van der Waals surface area contributed by atoms with Crippen LogP contribution in [0.3, 0.4) is 0 Å². The summed E-state index contributed by atoms with van der Waals surface area (Å²) >= 11 is 7.06. The number of nitrogens with zero attached hydrogens (tertiary/aromatic N) is 2. The zero-order valence-electron chi connectivity index (χ0n) is 14.1. The minimum absolute atomic E-state index is 0.00465. The summed E-state index contributed by atoms with van der Waals surface area (Å²) in [6.45, 7) is 0. The first kappa shape index (κ1) is 17.8. The number of ketones is 1. The van der Waals surface area contributed by atoms with Gasteiger partial charge in [-0.25, -0.2) is 0 Å². The van der Waals surface area contributed by atoms with Crippen molar-refractivity contribution < 1.29 is 14.0 Å². The maximum absolute atomic E-state index is 12.5. The summed E-state index contributed by atoms with van der Waals surface area (Å²) in [6, 6.07) is 12.4. The fraction of sp³-hybridized carbons (Fsp3) is 0.158. The smallest absolute Gasteiger partial charge is 0.277 e. The van der Waals surface area contributed by atoms with Gasteiger partial charge in [-0.2, -0.15) is 0 Å². The molecule has 27 heavy (non-hydrogen) atoms. The third-order valence-electron chi connectivity index (χ3n) is 4.15. The maximum atomic E-state index is 12.5. The van der Waals surface area contributed by atoms with E-state index in [-0.39, 0.29) is 17.4 Å². The quantitative estimate of drug-likeness (QED) is 0.510. The predicted molar refractivity (Wildman–Crippen MR) is 103 cm³/mol. The topological polar surface area (TPSA) is 85.1 Å². The lowest BCUT2D eigenvalue weighted by Gasteiger charge is -2.17. The van der Waals surface area contributed by atoms with E-state index in [1.165, 1.54) is 11.8 Å². The summed E-state index contributed by atoms with van der Waals surface area (Å²) in [5, 5.41) is 11.7. The molecule has 136 valence electrons. The highest BCUT2D eigenvalue weighted by molar-refractivity contribution is 7.99. The number of nitrogens with one attached hydrogen (secondary N) is 1. The van der Waals surface area contributed by atoms with Crippen LogP contribution in [0.5, 0.6) is 0 Å². The number of Topliss-reactive ketones (excluding diaryl/α,β-unsaturated/α-hetero) is 1. The van der Waals surface area contributed by atoms with Gasteiger partial charge in [0, 0.05) is 28.3 Å². The van der Waals surface area contributed by atoms with Gasteiger partial charge >= 0.3 is 0 Å². The highest BCUT2D eigenvalue weighted by Crippen LogP contribution is 2.27. The Hall–Kier alpha value is -2.64. The molecule has 2 aromatic carbocycles. The van der Waals surface area contributed by atoms with Gasteiger partial charge in [0.05, 0.1) is 5.75 Å². The first-order chi connectivity index (χ1) is 13.1. The van der Waals surface area contributed by atoms with Crippen LogP contribution in [0.1, 0.15) is 22.3 Å².